The van der Waals surface area contributed by atoms with Gasteiger partial charge >= 0.3 is 0 Å². The first-order valence-corrected chi connectivity index (χ1v) is 12.6. The van der Waals surface area contributed by atoms with Crippen LogP contribution >= 0.6 is 0 Å². The van der Waals surface area contributed by atoms with Crippen molar-refractivity contribution in [3.05, 3.63) is 54.4 Å². The number of halogens is 1. The zero-order chi connectivity index (χ0) is 21.6. The minimum atomic E-state index is -0.266. The largest absolute Gasteiger partial charge is 0.486 e. The van der Waals surface area contributed by atoms with Gasteiger partial charge in [-0.3, -0.25) is 0 Å². The molecule has 0 aromatic heterocycles. The maximum Gasteiger partial charge on any atom is 0.172 e. The van der Waals surface area contributed by atoms with Crippen molar-refractivity contribution < 1.29 is 9.13 Å². The number of fused-ring (bicyclic) bond motifs is 1. The highest BCUT2D eigenvalue weighted by molar-refractivity contribution is 5.85. The molecule has 0 radical (unpaired) electrons. The summed E-state index contributed by atoms with van der Waals surface area (Å²) in [5, 5.41) is 1.61. The van der Waals surface area contributed by atoms with Gasteiger partial charge in [0.2, 0.25) is 0 Å². The smallest absolute Gasteiger partial charge is 0.172 e. The highest BCUT2D eigenvalue weighted by atomic mass is 19.1. The van der Waals surface area contributed by atoms with Gasteiger partial charge in [-0.15, -0.1) is 0 Å². The Morgan fingerprint density at radius 3 is 2.26 bits per heavy atom. The van der Waals surface area contributed by atoms with E-state index in [4.69, 9.17) is 4.74 Å². The van der Waals surface area contributed by atoms with Crippen LogP contribution in [-0.4, -0.2) is 6.61 Å². The summed E-state index contributed by atoms with van der Waals surface area (Å²) in [6.07, 6.45) is 17.0. The average molecular weight is 423 g/mol. The number of hydrogen-bond acceptors (Lipinski definition) is 1. The summed E-state index contributed by atoms with van der Waals surface area (Å²) >= 11 is 0. The third-order valence-electron chi connectivity index (χ3n) is 8.21. The second kappa shape index (κ2) is 10.7. The van der Waals surface area contributed by atoms with Crippen LogP contribution in [-0.2, 0) is 6.42 Å². The first-order chi connectivity index (χ1) is 15.2. The zero-order valence-electron chi connectivity index (χ0n) is 19.3. The summed E-state index contributed by atoms with van der Waals surface area (Å²) in [7, 11) is 0. The maximum atomic E-state index is 14.7. The molecule has 0 heterocycles. The Kier molecular flexibility index (Phi) is 7.69. The van der Waals surface area contributed by atoms with Gasteiger partial charge in [-0.05, 0) is 79.2 Å². The van der Waals surface area contributed by atoms with Gasteiger partial charge in [-0.2, -0.15) is 0 Å². The van der Waals surface area contributed by atoms with E-state index in [-0.39, 0.29) is 5.82 Å². The molecule has 0 N–H and O–H groups in total. The van der Waals surface area contributed by atoms with Gasteiger partial charge in [0, 0.05) is 5.39 Å². The monoisotopic (exact) mass is 422 g/mol. The molecule has 2 fully saturated rings. The molecule has 2 aliphatic rings. The Morgan fingerprint density at radius 1 is 0.935 bits per heavy atom. The molecule has 2 saturated carbocycles. The number of ether oxygens (including phenoxy) is 1. The Labute approximate surface area is 188 Å². The minimum Gasteiger partial charge on any atom is -0.486 e. The first kappa shape index (κ1) is 22.4. The zero-order valence-corrected chi connectivity index (χ0v) is 19.3. The first-order valence-electron chi connectivity index (χ1n) is 12.6. The second-order valence-electron chi connectivity index (χ2n) is 10.0. The standard InChI is InChI=1S/C29H39FO/c1-3-19-31-28-18-16-26-20-23(11-17-27(26)29(28)30)6-5-22-9-14-25(15-10-22)24-12-7-21(4-2)8-13-24/h3,11,16-18,20-22,24-25H,1,4-10,12-15,19H2,2H3. The van der Waals surface area contributed by atoms with Crippen molar-refractivity contribution in [2.75, 3.05) is 6.61 Å². The van der Waals surface area contributed by atoms with E-state index >= 15 is 0 Å². The Balaban J connectivity index is 1.27. The molecule has 4 rings (SSSR count). The summed E-state index contributed by atoms with van der Waals surface area (Å²) in [6.45, 7) is 6.31. The van der Waals surface area contributed by atoms with Gasteiger partial charge in [0.15, 0.2) is 11.6 Å². The molecule has 31 heavy (non-hydrogen) atoms. The molecule has 2 aromatic rings. The lowest BCUT2D eigenvalue weighted by Gasteiger charge is -2.37. The molecular formula is C29H39FO. The predicted octanol–water partition coefficient (Wildman–Crippen LogP) is 8.50. The van der Waals surface area contributed by atoms with Crippen LogP contribution in [0, 0.1) is 29.5 Å². The van der Waals surface area contributed by atoms with Crippen molar-refractivity contribution in [1.82, 2.24) is 0 Å². The SMILES string of the molecule is C=CCOc1ccc2cc(CCC3CCC(C4CCC(CC)CC4)CC3)ccc2c1F. The molecule has 0 saturated heterocycles. The number of rotatable bonds is 8. The van der Waals surface area contributed by atoms with Crippen LogP contribution in [0.5, 0.6) is 5.75 Å². The van der Waals surface area contributed by atoms with E-state index in [1.807, 2.05) is 12.1 Å². The Hall–Kier alpha value is -1.83. The lowest BCUT2D eigenvalue weighted by molar-refractivity contribution is 0.142. The third-order valence-corrected chi connectivity index (χ3v) is 8.21. The molecule has 2 heteroatoms. The molecule has 1 nitrogen and oxygen atoms in total. The molecule has 0 aliphatic heterocycles. The molecular weight excluding hydrogens is 383 g/mol. The third kappa shape index (κ3) is 5.51. The van der Waals surface area contributed by atoms with Gasteiger partial charge in [-0.25, -0.2) is 4.39 Å². The second-order valence-corrected chi connectivity index (χ2v) is 10.0. The van der Waals surface area contributed by atoms with Gasteiger partial charge < -0.3 is 4.74 Å². The van der Waals surface area contributed by atoms with E-state index in [0.29, 0.717) is 17.7 Å². The Morgan fingerprint density at radius 2 is 1.61 bits per heavy atom. The highest BCUT2D eigenvalue weighted by Crippen LogP contribution is 2.42. The van der Waals surface area contributed by atoms with Crippen molar-refractivity contribution in [1.29, 1.82) is 0 Å². The van der Waals surface area contributed by atoms with Crippen molar-refractivity contribution in [2.45, 2.75) is 77.6 Å². The summed E-state index contributed by atoms with van der Waals surface area (Å²) < 4.78 is 20.1. The van der Waals surface area contributed by atoms with E-state index in [9.17, 15) is 4.39 Å². The molecule has 0 unspecified atom stereocenters. The number of benzene rings is 2. The summed E-state index contributed by atoms with van der Waals surface area (Å²) in [5.41, 5.74) is 1.33. The van der Waals surface area contributed by atoms with E-state index in [1.54, 1.807) is 12.1 Å². The van der Waals surface area contributed by atoms with Crippen LogP contribution in [0.3, 0.4) is 0 Å². The number of aryl methyl sites for hydroxylation is 1. The molecule has 0 spiro atoms. The van der Waals surface area contributed by atoms with Crippen LogP contribution in [0.15, 0.2) is 43.0 Å². The van der Waals surface area contributed by atoms with Crippen LogP contribution in [0.4, 0.5) is 4.39 Å². The van der Waals surface area contributed by atoms with Crippen molar-refractivity contribution in [3.8, 4) is 5.75 Å². The fraction of sp³-hybridized carbons (Fsp3) is 0.586. The minimum absolute atomic E-state index is 0.266. The molecule has 0 atom stereocenters. The van der Waals surface area contributed by atoms with Crippen molar-refractivity contribution >= 4 is 10.8 Å². The van der Waals surface area contributed by atoms with Crippen LogP contribution in [0.1, 0.15) is 76.7 Å². The van der Waals surface area contributed by atoms with Gasteiger partial charge in [0.1, 0.15) is 6.61 Å². The summed E-state index contributed by atoms with van der Waals surface area (Å²) in [6, 6.07) is 9.89. The summed E-state index contributed by atoms with van der Waals surface area (Å²) in [5.74, 6) is 3.92. The molecule has 2 aliphatic carbocycles. The highest BCUT2D eigenvalue weighted by Gasteiger charge is 2.30. The van der Waals surface area contributed by atoms with E-state index < -0.39 is 0 Å². The van der Waals surface area contributed by atoms with Gasteiger partial charge in [0.25, 0.3) is 0 Å². The summed E-state index contributed by atoms with van der Waals surface area (Å²) in [4.78, 5) is 0. The van der Waals surface area contributed by atoms with Crippen molar-refractivity contribution in [2.24, 2.45) is 23.7 Å². The molecule has 2 aromatic carbocycles. The fourth-order valence-corrected chi connectivity index (χ4v) is 6.12. The van der Waals surface area contributed by atoms with Crippen LogP contribution < -0.4 is 4.74 Å². The lowest BCUT2D eigenvalue weighted by Crippen LogP contribution is -2.25. The van der Waals surface area contributed by atoms with E-state index in [0.717, 1.165) is 35.5 Å². The molecule has 0 bridgehead atoms. The van der Waals surface area contributed by atoms with Crippen molar-refractivity contribution in [3.63, 3.8) is 0 Å². The topological polar surface area (TPSA) is 9.23 Å². The average Bonchev–Trinajstić information content (AvgIpc) is 2.83. The Bertz CT molecular complexity index is 856. The van der Waals surface area contributed by atoms with Crippen LogP contribution in [0.2, 0.25) is 0 Å². The fourth-order valence-electron chi connectivity index (χ4n) is 6.12. The quantitative estimate of drug-likeness (QED) is 0.387. The van der Waals surface area contributed by atoms with Gasteiger partial charge in [-0.1, -0.05) is 75.9 Å². The van der Waals surface area contributed by atoms with E-state index in [2.05, 4.69) is 25.6 Å². The normalized spacial score (nSPS) is 26.6. The molecule has 168 valence electrons. The van der Waals surface area contributed by atoms with E-state index in [1.165, 1.54) is 69.8 Å². The predicted molar refractivity (Wildman–Crippen MR) is 129 cm³/mol. The number of hydrogen-bond donors (Lipinski definition) is 0. The molecule has 0 amide bonds. The van der Waals surface area contributed by atoms with Crippen LogP contribution in [0.25, 0.3) is 10.8 Å². The van der Waals surface area contributed by atoms with Gasteiger partial charge in [0.05, 0.1) is 0 Å². The lowest BCUT2D eigenvalue weighted by atomic mass is 9.68. The maximum absolute atomic E-state index is 14.7.